The molecule has 2 atom stereocenters. The molecule has 0 radical (unpaired) electrons. The summed E-state index contributed by atoms with van der Waals surface area (Å²) in [4.78, 5) is 10.7. The molecule has 2 heteroatoms. The molecule has 0 heterocycles. The average Bonchev–Trinajstić information content (AvgIpc) is 2.15. The number of carbonyl (C=O) groups excluding carboxylic acids is 1. The van der Waals surface area contributed by atoms with Crippen LogP contribution in [0.3, 0.4) is 0 Å². The lowest BCUT2D eigenvalue weighted by molar-refractivity contribution is -0.143. The van der Waals surface area contributed by atoms with Gasteiger partial charge in [-0.15, -0.1) is 0 Å². The summed E-state index contributed by atoms with van der Waals surface area (Å²) in [6.07, 6.45) is 8.99. The highest BCUT2D eigenvalue weighted by Gasteiger charge is 2.03. The van der Waals surface area contributed by atoms with E-state index in [9.17, 15) is 4.79 Å². The number of allylic oxidation sites excluding steroid dienone is 1. The highest BCUT2D eigenvalue weighted by molar-refractivity contribution is 5.66. The van der Waals surface area contributed by atoms with Crippen molar-refractivity contribution in [3.63, 3.8) is 0 Å². The van der Waals surface area contributed by atoms with Gasteiger partial charge in [-0.05, 0) is 31.3 Å². The van der Waals surface area contributed by atoms with Crippen LogP contribution >= 0.6 is 0 Å². The number of hydrogen-bond acceptors (Lipinski definition) is 2. The largest absolute Gasteiger partial charge is 0.459 e. The molecule has 0 rings (SSSR count). The van der Waals surface area contributed by atoms with E-state index in [-0.39, 0.29) is 12.1 Å². The zero-order chi connectivity index (χ0) is 13.3. The summed E-state index contributed by atoms with van der Waals surface area (Å²) in [7, 11) is 0. The van der Waals surface area contributed by atoms with Crippen LogP contribution in [0, 0.1) is 11.8 Å². The summed E-state index contributed by atoms with van der Waals surface area (Å²) in [5.41, 5.74) is 0. The van der Waals surface area contributed by atoms with Crippen LogP contribution in [0.2, 0.25) is 0 Å². The summed E-state index contributed by atoms with van der Waals surface area (Å²) in [5, 5.41) is 0. The van der Waals surface area contributed by atoms with Crippen LogP contribution in [0.1, 0.15) is 60.3 Å². The molecule has 0 N–H and O–H groups in total. The van der Waals surface area contributed by atoms with Gasteiger partial charge in [0.1, 0.15) is 6.10 Å². The standard InChI is InChI=1S/C15H28O2/c1-12(2)8-6-9-13(3)10-7-11-14(4)17-15(5)16/h7,11-14H,6,8-10H2,1-5H3/b11-7+/t13-,14-/m1/s1. The molecule has 0 aliphatic carbocycles. The fraction of sp³-hybridized carbons (Fsp3) is 0.800. The highest BCUT2D eigenvalue weighted by atomic mass is 16.5. The smallest absolute Gasteiger partial charge is 0.303 e. The van der Waals surface area contributed by atoms with Gasteiger partial charge in [0.2, 0.25) is 0 Å². The van der Waals surface area contributed by atoms with Gasteiger partial charge in [-0.1, -0.05) is 46.1 Å². The number of ether oxygens (including phenoxy) is 1. The summed E-state index contributed by atoms with van der Waals surface area (Å²) < 4.78 is 5.02. The molecule has 0 aromatic heterocycles. The van der Waals surface area contributed by atoms with Crippen molar-refractivity contribution in [2.75, 3.05) is 0 Å². The van der Waals surface area contributed by atoms with E-state index in [1.54, 1.807) is 0 Å². The minimum atomic E-state index is -0.216. The third-order valence-electron chi connectivity index (χ3n) is 2.78. The predicted molar refractivity (Wildman–Crippen MR) is 72.8 cm³/mol. The first-order valence-electron chi connectivity index (χ1n) is 6.75. The van der Waals surface area contributed by atoms with Gasteiger partial charge in [0.25, 0.3) is 0 Å². The third-order valence-corrected chi connectivity index (χ3v) is 2.78. The molecule has 0 aromatic rings. The Hall–Kier alpha value is -0.790. The lowest BCUT2D eigenvalue weighted by Crippen LogP contribution is -2.08. The number of esters is 1. The Morgan fingerprint density at radius 3 is 2.35 bits per heavy atom. The van der Waals surface area contributed by atoms with E-state index < -0.39 is 0 Å². The summed E-state index contributed by atoms with van der Waals surface area (Å²) in [6, 6.07) is 0. The van der Waals surface area contributed by atoms with Crippen molar-refractivity contribution < 1.29 is 9.53 Å². The van der Waals surface area contributed by atoms with E-state index in [1.165, 1.54) is 26.2 Å². The predicted octanol–water partition coefficient (Wildman–Crippen LogP) is 4.35. The van der Waals surface area contributed by atoms with Crippen molar-refractivity contribution in [1.82, 2.24) is 0 Å². The fourth-order valence-electron chi connectivity index (χ4n) is 1.80. The van der Waals surface area contributed by atoms with Gasteiger partial charge in [-0.3, -0.25) is 4.79 Å². The van der Waals surface area contributed by atoms with E-state index in [0.717, 1.165) is 18.3 Å². The van der Waals surface area contributed by atoms with Crippen LogP contribution in [0.5, 0.6) is 0 Å². The fourth-order valence-corrected chi connectivity index (χ4v) is 1.80. The highest BCUT2D eigenvalue weighted by Crippen LogP contribution is 2.15. The zero-order valence-electron chi connectivity index (χ0n) is 12.0. The van der Waals surface area contributed by atoms with Gasteiger partial charge < -0.3 is 4.74 Å². The quantitative estimate of drug-likeness (QED) is 0.466. The molecule has 0 spiro atoms. The molecule has 0 aliphatic rings. The zero-order valence-corrected chi connectivity index (χ0v) is 12.0. The normalized spacial score (nSPS) is 15.2. The molecule has 0 fully saturated rings. The van der Waals surface area contributed by atoms with Crippen molar-refractivity contribution in [3.8, 4) is 0 Å². The Bertz CT molecular complexity index is 231. The number of rotatable bonds is 8. The van der Waals surface area contributed by atoms with Gasteiger partial charge >= 0.3 is 5.97 Å². The Kier molecular flexibility index (Phi) is 8.83. The average molecular weight is 240 g/mol. The van der Waals surface area contributed by atoms with Crippen molar-refractivity contribution >= 4 is 5.97 Å². The van der Waals surface area contributed by atoms with Crippen LogP contribution in [-0.2, 0) is 9.53 Å². The van der Waals surface area contributed by atoms with Crippen LogP contribution < -0.4 is 0 Å². The molecule has 0 bridgehead atoms. The Balaban J connectivity index is 3.64. The molecule has 0 saturated carbocycles. The van der Waals surface area contributed by atoms with Crippen molar-refractivity contribution in [2.45, 2.75) is 66.4 Å². The summed E-state index contributed by atoms with van der Waals surface area (Å²) >= 11 is 0. The van der Waals surface area contributed by atoms with E-state index in [1.807, 2.05) is 13.0 Å². The first-order chi connectivity index (χ1) is 7.91. The second-order valence-electron chi connectivity index (χ2n) is 5.41. The number of carbonyl (C=O) groups is 1. The van der Waals surface area contributed by atoms with Crippen LogP contribution in [0.25, 0.3) is 0 Å². The van der Waals surface area contributed by atoms with Crippen LogP contribution in [0.4, 0.5) is 0 Å². The van der Waals surface area contributed by atoms with E-state index >= 15 is 0 Å². The lowest BCUT2D eigenvalue weighted by atomic mass is 9.97. The Labute approximate surface area is 106 Å². The first-order valence-corrected chi connectivity index (χ1v) is 6.75. The van der Waals surface area contributed by atoms with Crippen LogP contribution in [0.15, 0.2) is 12.2 Å². The minimum absolute atomic E-state index is 0.102. The molecular weight excluding hydrogens is 212 g/mol. The van der Waals surface area contributed by atoms with Gasteiger partial charge in [0.05, 0.1) is 0 Å². The molecule has 0 unspecified atom stereocenters. The van der Waals surface area contributed by atoms with E-state index in [4.69, 9.17) is 4.74 Å². The SMILES string of the molecule is CC(=O)O[C@H](C)/C=C/C[C@H](C)CCCC(C)C. The second kappa shape index (κ2) is 9.26. The van der Waals surface area contributed by atoms with Crippen molar-refractivity contribution in [2.24, 2.45) is 11.8 Å². The second-order valence-corrected chi connectivity index (χ2v) is 5.41. The van der Waals surface area contributed by atoms with Gasteiger partial charge in [-0.2, -0.15) is 0 Å². The Morgan fingerprint density at radius 2 is 1.82 bits per heavy atom. The number of hydrogen-bond donors (Lipinski definition) is 0. The molecule has 0 aromatic carbocycles. The van der Waals surface area contributed by atoms with Gasteiger partial charge in [0.15, 0.2) is 0 Å². The third kappa shape index (κ3) is 11.5. The lowest BCUT2D eigenvalue weighted by Gasteiger charge is -2.10. The molecule has 0 amide bonds. The molecule has 0 aliphatic heterocycles. The van der Waals surface area contributed by atoms with Gasteiger partial charge in [0, 0.05) is 6.92 Å². The van der Waals surface area contributed by atoms with Gasteiger partial charge in [-0.25, -0.2) is 0 Å². The molecule has 100 valence electrons. The van der Waals surface area contributed by atoms with Crippen molar-refractivity contribution in [3.05, 3.63) is 12.2 Å². The van der Waals surface area contributed by atoms with Crippen molar-refractivity contribution in [1.29, 1.82) is 0 Å². The van der Waals surface area contributed by atoms with E-state index in [0.29, 0.717) is 0 Å². The molecule has 17 heavy (non-hydrogen) atoms. The maximum absolute atomic E-state index is 10.7. The molecular formula is C15H28O2. The molecule has 2 nitrogen and oxygen atoms in total. The van der Waals surface area contributed by atoms with E-state index in [2.05, 4.69) is 26.8 Å². The minimum Gasteiger partial charge on any atom is -0.459 e. The monoisotopic (exact) mass is 240 g/mol. The van der Waals surface area contributed by atoms with Crippen LogP contribution in [-0.4, -0.2) is 12.1 Å². The Morgan fingerprint density at radius 1 is 1.18 bits per heavy atom. The summed E-state index contributed by atoms with van der Waals surface area (Å²) in [5.74, 6) is 1.31. The maximum Gasteiger partial charge on any atom is 0.303 e. The topological polar surface area (TPSA) is 26.3 Å². The summed E-state index contributed by atoms with van der Waals surface area (Å²) in [6.45, 7) is 10.2. The maximum atomic E-state index is 10.7. The first kappa shape index (κ1) is 16.2. The molecule has 0 saturated heterocycles.